The van der Waals surface area contributed by atoms with Crippen molar-refractivity contribution in [2.24, 2.45) is 0 Å². The number of aromatic nitrogens is 1. The molecule has 0 bridgehead atoms. The van der Waals surface area contributed by atoms with E-state index in [2.05, 4.69) is 10.3 Å². The van der Waals surface area contributed by atoms with Gasteiger partial charge in [0.25, 0.3) is 0 Å². The molecule has 3 rings (SSSR count). The summed E-state index contributed by atoms with van der Waals surface area (Å²) in [5, 5.41) is 4.70. The van der Waals surface area contributed by atoms with E-state index in [9.17, 15) is 4.39 Å². The Balaban J connectivity index is 1.87. The minimum absolute atomic E-state index is 0.338. The predicted octanol–water partition coefficient (Wildman–Crippen LogP) is 4.64. The van der Waals surface area contributed by atoms with Gasteiger partial charge >= 0.3 is 0 Å². The highest BCUT2D eigenvalue weighted by atomic mass is 35.5. The summed E-state index contributed by atoms with van der Waals surface area (Å²) in [6, 6.07) is 14.2. The molecule has 0 saturated heterocycles. The van der Waals surface area contributed by atoms with Crippen molar-refractivity contribution >= 4 is 28.2 Å². The minimum atomic E-state index is -0.338. The molecule has 0 aliphatic carbocycles. The largest absolute Gasteiger partial charge is 0.380 e. The fourth-order valence-corrected chi connectivity index (χ4v) is 2.37. The molecular formula is C16H12ClFN2. The molecule has 3 aromatic rings. The van der Waals surface area contributed by atoms with E-state index >= 15 is 0 Å². The number of hydrogen-bond donors (Lipinski definition) is 1. The molecule has 100 valence electrons. The molecule has 0 aliphatic heterocycles. The summed E-state index contributed by atoms with van der Waals surface area (Å²) in [4.78, 5) is 4.32. The molecule has 0 amide bonds. The lowest BCUT2D eigenvalue weighted by molar-refractivity contribution is 0.628. The standard InChI is InChI=1S/C16H12ClFN2/c17-14-9-12(18)5-6-16(14)20-10-11-7-8-19-15-4-2-1-3-13(11)15/h1-9,20H,10H2. The molecule has 0 radical (unpaired) electrons. The number of para-hydroxylation sites is 1. The van der Waals surface area contributed by atoms with E-state index in [0.717, 1.165) is 16.5 Å². The Morgan fingerprint density at radius 2 is 1.95 bits per heavy atom. The third-order valence-electron chi connectivity index (χ3n) is 3.14. The second-order valence-electron chi connectivity index (χ2n) is 4.46. The molecular weight excluding hydrogens is 275 g/mol. The van der Waals surface area contributed by atoms with E-state index in [-0.39, 0.29) is 5.82 Å². The zero-order chi connectivity index (χ0) is 13.9. The summed E-state index contributed by atoms with van der Waals surface area (Å²) >= 11 is 6.00. The lowest BCUT2D eigenvalue weighted by Gasteiger charge is -2.10. The minimum Gasteiger partial charge on any atom is -0.380 e. The Hall–Kier alpha value is -2.13. The molecule has 0 saturated carbocycles. The molecule has 1 heterocycles. The highest BCUT2D eigenvalue weighted by Gasteiger charge is 2.04. The van der Waals surface area contributed by atoms with Crippen molar-refractivity contribution in [2.45, 2.75) is 6.54 Å². The van der Waals surface area contributed by atoms with E-state index < -0.39 is 0 Å². The average molecular weight is 287 g/mol. The van der Waals surface area contributed by atoms with Crippen LogP contribution in [0.25, 0.3) is 10.9 Å². The lowest BCUT2D eigenvalue weighted by Crippen LogP contribution is -2.01. The number of pyridine rings is 1. The zero-order valence-corrected chi connectivity index (χ0v) is 11.4. The SMILES string of the molecule is Fc1ccc(NCc2ccnc3ccccc23)c(Cl)c1. The second-order valence-corrected chi connectivity index (χ2v) is 4.87. The van der Waals surface area contributed by atoms with Crippen molar-refractivity contribution in [1.82, 2.24) is 4.98 Å². The molecule has 0 unspecified atom stereocenters. The van der Waals surface area contributed by atoms with Crippen LogP contribution < -0.4 is 5.32 Å². The molecule has 2 nitrogen and oxygen atoms in total. The summed E-state index contributed by atoms with van der Waals surface area (Å²) in [6.07, 6.45) is 1.78. The maximum atomic E-state index is 13.0. The molecule has 1 aromatic heterocycles. The first kappa shape index (κ1) is 12.9. The Morgan fingerprint density at radius 3 is 2.80 bits per heavy atom. The van der Waals surface area contributed by atoms with Crippen molar-refractivity contribution in [3.8, 4) is 0 Å². The first-order valence-electron chi connectivity index (χ1n) is 6.25. The number of hydrogen-bond acceptors (Lipinski definition) is 2. The first-order chi connectivity index (χ1) is 9.74. The van der Waals surface area contributed by atoms with E-state index in [0.29, 0.717) is 17.3 Å². The van der Waals surface area contributed by atoms with Crippen LogP contribution in [0.5, 0.6) is 0 Å². The Kier molecular flexibility index (Phi) is 3.52. The Bertz CT molecular complexity index is 753. The molecule has 4 heteroatoms. The molecule has 1 N–H and O–H groups in total. The van der Waals surface area contributed by atoms with Gasteiger partial charge in [-0.25, -0.2) is 4.39 Å². The Labute approximate surface area is 121 Å². The smallest absolute Gasteiger partial charge is 0.124 e. The third kappa shape index (κ3) is 2.58. The van der Waals surface area contributed by atoms with E-state index in [4.69, 9.17) is 11.6 Å². The van der Waals surface area contributed by atoms with Crippen molar-refractivity contribution < 1.29 is 4.39 Å². The summed E-state index contributed by atoms with van der Waals surface area (Å²) in [7, 11) is 0. The summed E-state index contributed by atoms with van der Waals surface area (Å²) in [5.41, 5.74) is 2.79. The Morgan fingerprint density at radius 1 is 1.10 bits per heavy atom. The number of halogens is 2. The highest BCUT2D eigenvalue weighted by Crippen LogP contribution is 2.24. The summed E-state index contributed by atoms with van der Waals surface area (Å²) in [5.74, 6) is -0.338. The van der Waals surface area contributed by atoms with E-state index in [1.807, 2.05) is 30.3 Å². The molecule has 0 spiro atoms. The lowest BCUT2D eigenvalue weighted by atomic mass is 10.1. The monoisotopic (exact) mass is 286 g/mol. The number of rotatable bonds is 3. The van der Waals surface area contributed by atoms with Gasteiger partial charge < -0.3 is 5.32 Å². The number of anilines is 1. The van der Waals surface area contributed by atoms with Gasteiger partial charge in [0, 0.05) is 18.1 Å². The van der Waals surface area contributed by atoms with Crippen LogP contribution in [-0.2, 0) is 6.54 Å². The topological polar surface area (TPSA) is 24.9 Å². The fourth-order valence-electron chi connectivity index (χ4n) is 2.13. The maximum absolute atomic E-state index is 13.0. The molecule has 0 fully saturated rings. The maximum Gasteiger partial charge on any atom is 0.124 e. The van der Waals surface area contributed by atoms with Gasteiger partial charge in [0.2, 0.25) is 0 Å². The van der Waals surface area contributed by atoms with Gasteiger partial charge in [0.15, 0.2) is 0 Å². The van der Waals surface area contributed by atoms with Crippen molar-refractivity contribution in [3.63, 3.8) is 0 Å². The summed E-state index contributed by atoms with van der Waals surface area (Å²) in [6.45, 7) is 0.606. The molecule has 0 aliphatic rings. The predicted molar refractivity (Wildman–Crippen MR) is 80.5 cm³/mol. The number of nitrogens with one attached hydrogen (secondary N) is 1. The normalized spacial score (nSPS) is 10.7. The van der Waals surface area contributed by atoms with Gasteiger partial charge in [0.1, 0.15) is 5.82 Å². The molecule has 0 atom stereocenters. The second kappa shape index (κ2) is 5.47. The van der Waals surface area contributed by atoms with Gasteiger partial charge in [-0.2, -0.15) is 0 Å². The van der Waals surface area contributed by atoms with E-state index in [1.165, 1.54) is 12.1 Å². The van der Waals surface area contributed by atoms with Gasteiger partial charge in [-0.3, -0.25) is 4.98 Å². The van der Waals surface area contributed by atoms with Gasteiger partial charge in [-0.1, -0.05) is 29.8 Å². The van der Waals surface area contributed by atoms with Crippen LogP contribution in [0.3, 0.4) is 0 Å². The highest BCUT2D eigenvalue weighted by molar-refractivity contribution is 6.33. The van der Waals surface area contributed by atoms with Crippen LogP contribution in [0.15, 0.2) is 54.7 Å². The van der Waals surface area contributed by atoms with Crippen LogP contribution in [0.1, 0.15) is 5.56 Å². The van der Waals surface area contributed by atoms with Crippen LogP contribution in [0, 0.1) is 5.82 Å². The molecule has 20 heavy (non-hydrogen) atoms. The third-order valence-corrected chi connectivity index (χ3v) is 3.45. The summed E-state index contributed by atoms with van der Waals surface area (Å²) < 4.78 is 13.0. The van der Waals surface area contributed by atoms with E-state index in [1.54, 1.807) is 12.3 Å². The van der Waals surface area contributed by atoms with Crippen LogP contribution in [-0.4, -0.2) is 4.98 Å². The number of fused-ring (bicyclic) bond motifs is 1. The van der Waals surface area contributed by atoms with Gasteiger partial charge in [0.05, 0.1) is 16.2 Å². The van der Waals surface area contributed by atoms with Crippen LogP contribution >= 0.6 is 11.6 Å². The van der Waals surface area contributed by atoms with Crippen molar-refractivity contribution in [3.05, 3.63) is 71.1 Å². The molecule has 2 aromatic carbocycles. The van der Waals surface area contributed by atoms with Crippen LogP contribution in [0.4, 0.5) is 10.1 Å². The fraction of sp³-hybridized carbons (Fsp3) is 0.0625. The first-order valence-corrected chi connectivity index (χ1v) is 6.63. The van der Waals surface area contributed by atoms with Crippen molar-refractivity contribution in [1.29, 1.82) is 0 Å². The average Bonchev–Trinajstić information content (AvgIpc) is 2.46. The number of benzene rings is 2. The van der Waals surface area contributed by atoms with Gasteiger partial charge in [-0.15, -0.1) is 0 Å². The van der Waals surface area contributed by atoms with Gasteiger partial charge in [-0.05, 0) is 35.9 Å². The zero-order valence-electron chi connectivity index (χ0n) is 10.6. The van der Waals surface area contributed by atoms with Crippen LogP contribution in [0.2, 0.25) is 5.02 Å². The number of nitrogens with zero attached hydrogens (tertiary/aromatic N) is 1. The quantitative estimate of drug-likeness (QED) is 0.759. The van der Waals surface area contributed by atoms with Crippen molar-refractivity contribution in [2.75, 3.05) is 5.32 Å².